The van der Waals surface area contributed by atoms with E-state index in [4.69, 9.17) is 4.74 Å². The Morgan fingerprint density at radius 1 is 1.35 bits per heavy atom. The highest BCUT2D eigenvalue weighted by Gasteiger charge is 2.16. The maximum Gasteiger partial charge on any atom is 0.222 e. The molecule has 0 atom stereocenters. The van der Waals surface area contributed by atoms with Gasteiger partial charge in [0.15, 0.2) is 11.6 Å². The van der Waals surface area contributed by atoms with Crippen molar-refractivity contribution < 1.29 is 9.13 Å². The van der Waals surface area contributed by atoms with Crippen LogP contribution in [0, 0.1) is 19.7 Å². The molecule has 0 spiro atoms. The monoisotopic (exact) mass is 277 g/mol. The van der Waals surface area contributed by atoms with Gasteiger partial charge in [-0.1, -0.05) is 13.0 Å². The van der Waals surface area contributed by atoms with Crippen LogP contribution in [0.4, 0.5) is 4.39 Å². The molecule has 0 saturated heterocycles. The Hall–Kier alpha value is -1.88. The maximum atomic E-state index is 13.8. The largest absolute Gasteiger partial charge is 0.436 e. The van der Waals surface area contributed by atoms with Crippen molar-refractivity contribution in [2.24, 2.45) is 7.05 Å². The number of hydrogen-bond donors (Lipinski definition) is 1. The van der Waals surface area contributed by atoms with Crippen molar-refractivity contribution in [2.45, 2.75) is 27.3 Å². The van der Waals surface area contributed by atoms with Gasteiger partial charge in [-0.05, 0) is 38.1 Å². The van der Waals surface area contributed by atoms with Gasteiger partial charge in [0.05, 0.1) is 11.3 Å². The van der Waals surface area contributed by atoms with Crippen molar-refractivity contribution in [2.75, 3.05) is 6.54 Å². The lowest BCUT2D eigenvalue weighted by atomic mass is 10.2. The lowest BCUT2D eigenvalue weighted by Gasteiger charge is -2.10. The second-order valence-electron chi connectivity index (χ2n) is 4.81. The third-order valence-electron chi connectivity index (χ3n) is 3.13. The predicted molar refractivity (Wildman–Crippen MR) is 76.5 cm³/mol. The molecule has 0 fully saturated rings. The fourth-order valence-corrected chi connectivity index (χ4v) is 2.05. The van der Waals surface area contributed by atoms with E-state index < -0.39 is 0 Å². The number of hydrogen-bond acceptors (Lipinski definition) is 3. The van der Waals surface area contributed by atoms with E-state index in [1.807, 2.05) is 20.8 Å². The number of nitrogens with one attached hydrogen (secondary N) is 1. The summed E-state index contributed by atoms with van der Waals surface area (Å²) in [6.07, 6.45) is 0. The van der Waals surface area contributed by atoms with Crippen molar-refractivity contribution in [3.8, 4) is 11.6 Å². The minimum Gasteiger partial charge on any atom is -0.436 e. The fourth-order valence-electron chi connectivity index (χ4n) is 2.05. The quantitative estimate of drug-likeness (QED) is 0.913. The molecule has 0 bridgehead atoms. The second-order valence-corrected chi connectivity index (χ2v) is 4.81. The molecule has 0 amide bonds. The van der Waals surface area contributed by atoms with Gasteiger partial charge >= 0.3 is 0 Å². The number of aryl methyl sites for hydroxylation is 3. The van der Waals surface area contributed by atoms with Gasteiger partial charge in [-0.15, -0.1) is 0 Å². The van der Waals surface area contributed by atoms with Crippen LogP contribution in [0.5, 0.6) is 11.6 Å². The van der Waals surface area contributed by atoms with Crippen LogP contribution in [-0.4, -0.2) is 16.3 Å². The summed E-state index contributed by atoms with van der Waals surface area (Å²) in [5, 5.41) is 7.59. The maximum absolute atomic E-state index is 13.8. The van der Waals surface area contributed by atoms with Gasteiger partial charge in [0.1, 0.15) is 0 Å². The first-order valence-electron chi connectivity index (χ1n) is 6.70. The summed E-state index contributed by atoms with van der Waals surface area (Å²) >= 11 is 0. The Kier molecular flexibility index (Phi) is 4.39. The van der Waals surface area contributed by atoms with Gasteiger partial charge in [0.2, 0.25) is 5.88 Å². The summed E-state index contributed by atoms with van der Waals surface area (Å²) in [5.41, 5.74) is 2.79. The van der Waals surface area contributed by atoms with E-state index in [2.05, 4.69) is 10.4 Å². The first-order valence-corrected chi connectivity index (χ1v) is 6.70. The molecule has 2 rings (SSSR count). The fraction of sp³-hybridized carbons (Fsp3) is 0.400. The summed E-state index contributed by atoms with van der Waals surface area (Å²) in [6.45, 7) is 7.37. The van der Waals surface area contributed by atoms with Crippen LogP contribution in [-0.2, 0) is 13.6 Å². The van der Waals surface area contributed by atoms with Gasteiger partial charge in [-0.25, -0.2) is 9.07 Å². The number of aromatic nitrogens is 2. The van der Waals surface area contributed by atoms with Crippen LogP contribution < -0.4 is 10.1 Å². The van der Waals surface area contributed by atoms with Crippen LogP contribution in [0.15, 0.2) is 18.2 Å². The predicted octanol–water partition coefficient (Wildman–Crippen LogP) is 3.08. The summed E-state index contributed by atoms with van der Waals surface area (Å²) < 4.78 is 21.2. The normalized spacial score (nSPS) is 10.8. The minimum absolute atomic E-state index is 0.228. The first-order chi connectivity index (χ1) is 9.52. The van der Waals surface area contributed by atoms with Crippen molar-refractivity contribution in [3.05, 3.63) is 40.8 Å². The second kappa shape index (κ2) is 6.05. The van der Waals surface area contributed by atoms with Crippen molar-refractivity contribution in [1.29, 1.82) is 0 Å². The molecule has 108 valence electrons. The molecule has 0 radical (unpaired) electrons. The molecule has 0 aliphatic rings. The lowest BCUT2D eigenvalue weighted by molar-refractivity contribution is 0.398. The molecule has 0 saturated carbocycles. The highest BCUT2D eigenvalue weighted by molar-refractivity contribution is 5.37. The van der Waals surface area contributed by atoms with Gasteiger partial charge in [0.25, 0.3) is 0 Å². The zero-order chi connectivity index (χ0) is 14.7. The third kappa shape index (κ3) is 2.99. The van der Waals surface area contributed by atoms with Crippen LogP contribution >= 0.6 is 0 Å². The molecule has 5 heteroatoms. The molecule has 20 heavy (non-hydrogen) atoms. The Morgan fingerprint density at radius 3 is 2.80 bits per heavy atom. The van der Waals surface area contributed by atoms with Gasteiger partial charge in [-0.2, -0.15) is 5.10 Å². The van der Waals surface area contributed by atoms with Gasteiger partial charge in [0, 0.05) is 13.6 Å². The topological polar surface area (TPSA) is 39.1 Å². The average Bonchev–Trinajstić information content (AvgIpc) is 2.66. The van der Waals surface area contributed by atoms with Crippen LogP contribution in [0.25, 0.3) is 0 Å². The first kappa shape index (κ1) is 14.5. The molecule has 1 N–H and O–H groups in total. The van der Waals surface area contributed by atoms with E-state index in [0.717, 1.165) is 23.4 Å². The van der Waals surface area contributed by atoms with E-state index in [-0.39, 0.29) is 11.6 Å². The lowest BCUT2D eigenvalue weighted by Crippen LogP contribution is -2.13. The number of rotatable bonds is 5. The Balaban J connectivity index is 2.35. The molecule has 1 aromatic heterocycles. The van der Waals surface area contributed by atoms with E-state index >= 15 is 0 Å². The molecule has 1 heterocycles. The molecule has 2 aromatic rings. The average molecular weight is 277 g/mol. The highest BCUT2D eigenvalue weighted by atomic mass is 19.1. The summed E-state index contributed by atoms with van der Waals surface area (Å²) in [6, 6.07) is 4.82. The molecule has 0 aliphatic carbocycles. The number of ether oxygens (including phenoxy) is 1. The zero-order valence-electron chi connectivity index (χ0n) is 12.3. The molecule has 0 aliphatic heterocycles. The Morgan fingerprint density at radius 2 is 2.10 bits per heavy atom. The van der Waals surface area contributed by atoms with Gasteiger partial charge < -0.3 is 10.1 Å². The molecule has 4 nitrogen and oxygen atoms in total. The number of halogens is 1. The van der Waals surface area contributed by atoms with Crippen LogP contribution in [0.2, 0.25) is 0 Å². The van der Waals surface area contributed by atoms with E-state index in [0.29, 0.717) is 12.4 Å². The van der Waals surface area contributed by atoms with E-state index in [1.54, 1.807) is 23.9 Å². The zero-order valence-corrected chi connectivity index (χ0v) is 12.3. The van der Waals surface area contributed by atoms with Crippen LogP contribution in [0.3, 0.4) is 0 Å². The highest BCUT2D eigenvalue weighted by Crippen LogP contribution is 2.29. The Bertz CT molecular complexity index is 607. The van der Waals surface area contributed by atoms with E-state index in [9.17, 15) is 4.39 Å². The summed E-state index contributed by atoms with van der Waals surface area (Å²) in [5.74, 6) is 0.433. The van der Waals surface area contributed by atoms with Crippen LogP contribution in [0.1, 0.15) is 23.7 Å². The van der Waals surface area contributed by atoms with Crippen molar-refractivity contribution in [3.63, 3.8) is 0 Å². The molecule has 1 aromatic carbocycles. The molecule has 0 unspecified atom stereocenters. The van der Waals surface area contributed by atoms with Crippen molar-refractivity contribution in [1.82, 2.24) is 15.1 Å². The van der Waals surface area contributed by atoms with Crippen molar-refractivity contribution >= 4 is 0 Å². The summed E-state index contributed by atoms with van der Waals surface area (Å²) in [7, 11) is 1.80. The molecular formula is C15H20FN3O. The summed E-state index contributed by atoms with van der Waals surface area (Å²) in [4.78, 5) is 0. The van der Waals surface area contributed by atoms with E-state index in [1.165, 1.54) is 6.07 Å². The number of nitrogens with zero attached hydrogens (tertiary/aromatic N) is 2. The third-order valence-corrected chi connectivity index (χ3v) is 3.13. The smallest absolute Gasteiger partial charge is 0.222 e. The van der Waals surface area contributed by atoms with Gasteiger partial charge in [-0.3, -0.25) is 0 Å². The minimum atomic E-state index is -0.371. The standard InChI is InChI=1S/C15H20FN3O/c1-5-17-9-12-11(3)18-19(4)15(12)20-14-8-10(2)6-7-13(14)16/h6-8,17H,5,9H2,1-4H3. The molecular weight excluding hydrogens is 257 g/mol. The SMILES string of the molecule is CCNCc1c(C)nn(C)c1Oc1cc(C)ccc1F. The Labute approximate surface area is 118 Å². The number of benzene rings is 1.